The molecule has 1 aliphatic rings. The first-order chi connectivity index (χ1) is 14.6. The highest BCUT2D eigenvalue weighted by Gasteiger charge is 2.34. The van der Waals surface area contributed by atoms with Crippen LogP contribution in [0.5, 0.6) is 11.5 Å². The van der Waals surface area contributed by atoms with E-state index in [0.29, 0.717) is 23.5 Å². The molecule has 1 atom stereocenters. The van der Waals surface area contributed by atoms with Gasteiger partial charge in [0.05, 0.1) is 23.7 Å². The second-order valence-corrected chi connectivity index (χ2v) is 8.64. The van der Waals surface area contributed by atoms with Gasteiger partial charge in [-0.15, -0.1) is 22.7 Å². The Morgan fingerprint density at radius 2 is 1.93 bits per heavy atom. The number of nitrogens with zero attached hydrogens (tertiary/aromatic N) is 2. The molecule has 2 aromatic heterocycles. The minimum Gasteiger partial charge on any atom is -0.493 e. The van der Waals surface area contributed by atoms with Crippen molar-refractivity contribution in [3.8, 4) is 11.5 Å². The molecule has 0 saturated heterocycles. The van der Waals surface area contributed by atoms with Gasteiger partial charge in [0, 0.05) is 16.9 Å². The molecule has 1 aromatic carbocycles. The molecule has 3 aromatic rings. The highest BCUT2D eigenvalue weighted by Crippen LogP contribution is 2.36. The lowest BCUT2D eigenvalue weighted by Crippen LogP contribution is -2.31. The Hall–Kier alpha value is -2.97. The van der Waals surface area contributed by atoms with Crippen LogP contribution in [-0.2, 0) is 4.79 Å². The summed E-state index contributed by atoms with van der Waals surface area (Å²) >= 11 is 3.22. The Kier molecular flexibility index (Phi) is 5.96. The van der Waals surface area contributed by atoms with Gasteiger partial charge in [0.2, 0.25) is 0 Å². The molecule has 1 amide bonds. The van der Waals surface area contributed by atoms with E-state index in [2.05, 4.69) is 5.10 Å². The van der Waals surface area contributed by atoms with Crippen molar-refractivity contribution in [1.29, 1.82) is 0 Å². The number of hydrazone groups is 1. The minimum absolute atomic E-state index is 0.0674. The van der Waals surface area contributed by atoms with Crippen LogP contribution < -0.4 is 9.47 Å². The van der Waals surface area contributed by atoms with Gasteiger partial charge in [-0.05, 0) is 48.0 Å². The number of benzene rings is 1. The maximum absolute atomic E-state index is 13.0. The van der Waals surface area contributed by atoms with Crippen LogP contribution in [0, 0.1) is 0 Å². The van der Waals surface area contributed by atoms with E-state index in [0.717, 1.165) is 15.5 Å². The molecule has 6 nitrogen and oxygen atoms in total. The zero-order valence-electron chi connectivity index (χ0n) is 16.5. The monoisotopic (exact) mass is 440 g/mol. The van der Waals surface area contributed by atoms with Crippen LogP contribution in [0.2, 0.25) is 0 Å². The van der Waals surface area contributed by atoms with Crippen LogP contribution in [0.4, 0.5) is 0 Å². The van der Waals surface area contributed by atoms with Gasteiger partial charge in [0.1, 0.15) is 0 Å². The summed E-state index contributed by atoms with van der Waals surface area (Å²) in [5.41, 5.74) is 1.42. The summed E-state index contributed by atoms with van der Waals surface area (Å²) < 4.78 is 11.1. The van der Waals surface area contributed by atoms with Crippen molar-refractivity contribution in [2.24, 2.45) is 5.10 Å². The van der Waals surface area contributed by atoms with E-state index in [1.165, 1.54) is 19.0 Å². The maximum atomic E-state index is 13.0. The molecule has 8 heteroatoms. The Labute approximate surface area is 182 Å². The summed E-state index contributed by atoms with van der Waals surface area (Å²) in [6, 6.07) is 12.8. The number of amides is 1. The predicted molar refractivity (Wildman–Crippen MR) is 118 cm³/mol. The number of methoxy groups -OCH3 is 1. The molecule has 0 saturated carbocycles. The van der Waals surface area contributed by atoms with E-state index in [-0.39, 0.29) is 24.3 Å². The molecule has 30 heavy (non-hydrogen) atoms. The molecule has 154 valence electrons. The molecular weight excluding hydrogens is 420 g/mol. The molecule has 3 heterocycles. The van der Waals surface area contributed by atoms with E-state index >= 15 is 0 Å². The van der Waals surface area contributed by atoms with Gasteiger partial charge in [-0.3, -0.25) is 9.59 Å². The van der Waals surface area contributed by atoms with Crippen LogP contribution in [0.3, 0.4) is 0 Å². The van der Waals surface area contributed by atoms with E-state index in [1.54, 1.807) is 40.9 Å². The number of carbonyl (C=O) groups excluding carboxylic acids is 2. The average molecular weight is 441 g/mol. The van der Waals surface area contributed by atoms with Crippen LogP contribution in [0.1, 0.15) is 39.5 Å². The van der Waals surface area contributed by atoms with E-state index in [1.807, 2.05) is 35.0 Å². The normalized spacial score (nSPS) is 15.7. The number of hydrogen-bond acceptors (Lipinski definition) is 7. The SMILES string of the molecule is COc1cc(C(C)=O)ccc1OCC(=O)N1N=C(c2cccs2)CC1c1cccs1. The van der Waals surface area contributed by atoms with Crippen LogP contribution in [-0.4, -0.2) is 36.1 Å². The van der Waals surface area contributed by atoms with Gasteiger partial charge in [0.15, 0.2) is 23.9 Å². The summed E-state index contributed by atoms with van der Waals surface area (Å²) in [5, 5.41) is 10.1. The fraction of sp³-hybridized carbons (Fsp3) is 0.227. The Bertz CT molecular complexity index is 1070. The van der Waals surface area contributed by atoms with Crippen molar-refractivity contribution in [3.05, 3.63) is 68.5 Å². The van der Waals surface area contributed by atoms with Crippen LogP contribution in [0.15, 0.2) is 58.3 Å². The highest BCUT2D eigenvalue weighted by atomic mass is 32.1. The van der Waals surface area contributed by atoms with Crippen molar-refractivity contribution >= 4 is 40.1 Å². The van der Waals surface area contributed by atoms with Gasteiger partial charge >= 0.3 is 0 Å². The molecule has 0 aliphatic carbocycles. The van der Waals surface area contributed by atoms with Crippen LogP contribution in [0.25, 0.3) is 0 Å². The Balaban J connectivity index is 1.53. The molecule has 0 radical (unpaired) electrons. The summed E-state index contributed by atoms with van der Waals surface area (Å²) in [5.74, 6) is 0.513. The van der Waals surface area contributed by atoms with Gasteiger partial charge in [-0.1, -0.05) is 12.1 Å². The molecule has 1 aliphatic heterocycles. The average Bonchev–Trinajstić information content (AvgIpc) is 3.51. The molecular formula is C22H20N2O4S2. The van der Waals surface area contributed by atoms with E-state index in [4.69, 9.17) is 9.47 Å². The second kappa shape index (κ2) is 8.81. The quantitative estimate of drug-likeness (QED) is 0.496. The van der Waals surface area contributed by atoms with Crippen molar-refractivity contribution in [1.82, 2.24) is 5.01 Å². The molecule has 4 rings (SSSR count). The summed E-state index contributed by atoms with van der Waals surface area (Å²) in [6.07, 6.45) is 0.670. The molecule has 0 bridgehead atoms. The van der Waals surface area contributed by atoms with Gasteiger partial charge in [-0.2, -0.15) is 5.10 Å². The number of ether oxygens (including phenoxy) is 2. The number of rotatable bonds is 7. The van der Waals surface area contributed by atoms with E-state index < -0.39 is 0 Å². The molecule has 0 N–H and O–H groups in total. The molecule has 0 fully saturated rings. The fourth-order valence-electron chi connectivity index (χ4n) is 3.25. The minimum atomic E-state index is -0.238. The standard InChI is InChI=1S/C22H20N2O4S2/c1-14(25)15-7-8-18(19(11-15)27-2)28-13-22(26)24-17(21-6-4-10-30-21)12-16(23-24)20-5-3-9-29-20/h3-11,17H,12-13H2,1-2H3. The van der Waals surface area contributed by atoms with Crippen molar-refractivity contribution in [3.63, 3.8) is 0 Å². The third kappa shape index (κ3) is 4.15. The zero-order chi connectivity index (χ0) is 21.1. The maximum Gasteiger partial charge on any atom is 0.281 e. The first kappa shape index (κ1) is 20.3. The lowest BCUT2D eigenvalue weighted by molar-refractivity contribution is -0.135. The number of Topliss-reactive ketones (excluding diaryl/α,β-unsaturated/α-hetero) is 1. The zero-order valence-corrected chi connectivity index (χ0v) is 18.2. The van der Waals surface area contributed by atoms with Gasteiger partial charge < -0.3 is 9.47 Å². The van der Waals surface area contributed by atoms with Crippen molar-refractivity contribution in [2.75, 3.05) is 13.7 Å². The lowest BCUT2D eigenvalue weighted by Gasteiger charge is -2.21. The first-order valence-corrected chi connectivity index (χ1v) is 11.1. The smallest absolute Gasteiger partial charge is 0.281 e. The summed E-state index contributed by atoms with van der Waals surface area (Å²) in [6.45, 7) is 1.30. The fourth-order valence-corrected chi connectivity index (χ4v) is 4.78. The van der Waals surface area contributed by atoms with Gasteiger partial charge in [-0.25, -0.2) is 5.01 Å². The molecule has 0 spiro atoms. The van der Waals surface area contributed by atoms with E-state index in [9.17, 15) is 9.59 Å². The van der Waals surface area contributed by atoms with Crippen LogP contribution >= 0.6 is 22.7 Å². The van der Waals surface area contributed by atoms with Crippen molar-refractivity contribution in [2.45, 2.75) is 19.4 Å². The number of hydrogen-bond donors (Lipinski definition) is 0. The summed E-state index contributed by atoms with van der Waals surface area (Å²) in [7, 11) is 1.50. The first-order valence-electron chi connectivity index (χ1n) is 9.35. The third-order valence-corrected chi connectivity index (χ3v) is 6.66. The number of carbonyl (C=O) groups is 2. The largest absolute Gasteiger partial charge is 0.493 e. The Morgan fingerprint density at radius 1 is 1.13 bits per heavy atom. The highest BCUT2D eigenvalue weighted by molar-refractivity contribution is 7.12. The predicted octanol–water partition coefficient (Wildman–Crippen LogP) is 4.78. The topological polar surface area (TPSA) is 68.2 Å². The number of thiophene rings is 2. The lowest BCUT2D eigenvalue weighted by atomic mass is 10.1. The Morgan fingerprint density at radius 3 is 2.60 bits per heavy atom. The second-order valence-electron chi connectivity index (χ2n) is 6.71. The molecule has 1 unspecified atom stereocenters. The summed E-state index contributed by atoms with van der Waals surface area (Å²) in [4.78, 5) is 26.7. The van der Waals surface area contributed by atoms with Gasteiger partial charge in [0.25, 0.3) is 5.91 Å². The third-order valence-electron chi connectivity index (χ3n) is 4.76. The van der Waals surface area contributed by atoms with Crippen molar-refractivity contribution < 1.29 is 19.1 Å². The number of ketones is 1.